The van der Waals surface area contributed by atoms with Gasteiger partial charge in [0.1, 0.15) is 0 Å². The van der Waals surface area contributed by atoms with Crippen LogP contribution in [0.5, 0.6) is 0 Å². The van der Waals surface area contributed by atoms with Crippen molar-refractivity contribution in [2.45, 2.75) is 26.2 Å². The molecule has 20 heavy (non-hydrogen) atoms. The van der Waals surface area contributed by atoms with E-state index in [1.165, 1.54) is 12.8 Å². The molecule has 1 aliphatic heterocycles. The zero-order valence-corrected chi connectivity index (χ0v) is 12.0. The van der Waals surface area contributed by atoms with E-state index in [2.05, 4.69) is 17.1 Å². The maximum atomic E-state index is 10.7. The van der Waals surface area contributed by atoms with Crippen molar-refractivity contribution in [1.29, 1.82) is 0 Å². The Morgan fingerprint density at radius 3 is 2.50 bits per heavy atom. The predicted octanol–water partition coefficient (Wildman–Crippen LogP) is 2.81. The van der Waals surface area contributed by atoms with Crippen molar-refractivity contribution in [1.82, 2.24) is 5.32 Å². The maximum absolute atomic E-state index is 10.7. The predicted molar refractivity (Wildman–Crippen MR) is 81.2 cm³/mol. The number of hydrogen-bond donors (Lipinski definition) is 1. The van der Waals surface area contributed by atoms with Crippen LogP contribution in [0.4, 0.5) is 11.4 Å². The molecule has 0 unspecified atom stereocenters. The Kier molecular flexibility index (Phi) is 5.35. The lowest BCUT2D eigenvalue weighted by molar-refractivity contribution is -0.384. The minimum absolute atomic E-state index is 0.159. The van der Waals surface area contributed by atoms with Crippen LogP contribution < -0.4 is 10.2 Å². The average Bonchev–Trinajstić information content (AvgIpc) is 2.48. The van der Waals surface area contributed by atoms with Gasteiger partial charge in [-0.25, -0.2) is 0 Å². The van der Waals surface area contributed by atoms with Gasteiger partial charge >= 0.3 is 0 Å². The summed E-state index contributed by atoms with van der Waals surface area (Å²) in [6, 6.07) is 6.94. The number of piperidine rings is 1. The summed E-state index contributed by atoms with van der Waals surface area (Å²) in [6.45, 7) is 6.42. The van der Waals surface area contributed by atoms with E-state index < -0.39 is 0 Å². The summed E-state index contributed by atoms with van der Waals surface area (Å²) in [4.78, 5) is 12.7. The minimum Gasteiger partial charge on any atom is -0.371 e. The monoisotopic (exact) mass is 277 g/mol. The molecule has 1 N–H and O–H groups in total. The Morgan fingerprint density at radius 2 is 1.95 bits per heavy atom. The fraction of sp³-hybridized carbons (Fsp3) is 0.600. The Labute approximate surface area is 120 Å². The van der Waals surface area contributed by atoms with Gasteiger partial charge in [-0.2, -0.15) is 0 Å². The van der Waals surface area contributed by atoms with Crippen LogP contribution in [0, 0.1) is 16.0 Å². The molecule has 1 aliphatic rings. The summed E-state index contributed by atoms with van der Waals surface area (Å²) in [5.41, 5.74) is 1.25. The first kappa shape index (κ1) is 14.8. The van der Waals surface area contributed by atoms with Gasteiger partial charge in [-0.1, -0.05) is 6.92 Å². The Balaban J connectivity index is 2.04. The number of nitro benzene ring substituents is 1. The molecule has 0 radical (unpaired) electrons. The molecule has 0 bridgehead atoms. The summed E-state index contributed by atoms with van der Waals surface area (Å²) in [6.07, 6.45) is 3.52. The molecule has 0 spiro atoms. The number of anilines is 1. The standard InChI is InChI=1S/C15H23N3O2/c1-2-11-17(12-13-7-9-16-10-8-13)14-3-5-15(6-4-14)18(19)20/h3-6,13,16H,2,7-12H2,1H3. The van der Waals surface area contributed by atoms with Gasteiger partial charge in [0, 0.05) is 30.9 Å². The van der Waals surface area contributed by atoms with Crippen molar-refractivity contribution in [3.63, 3.8) is 0 Å². The van der Waals surface area contributed by atoms with Crippen molar-refractivity contribution in [2.75, 3.05) is 31.1 Å². The van der Waals surface area contributed by atoms with Crippen molar-refractivity contribution in [3.05, 3.63) is 34.4 Å². The quantitative estimate of drug-likeness (QED) is 0.641. The van der Waals surface area contributed by atoms with Crippen molar-refractivity contribution in [2.24, 2.45) is 5.92 Å². The Morgan fingerprint density at radius 1 is 1.30 bits per heavy atom. The highest BCUT2D eigenvalue weighted by atomic mass is 16.6. The van der Waals surface area contributed by atoms with Gasteiger partial charge in [0.05, 0.1) is 4.92 Å². The van der Waals surface area contributed by atoms with Crippen LogP contribution in [0.3, 0.4) is 0 Å². The molecule has 0 aromatic heterocycles. The van der Waals surface area contributed by atoms with Crippen LogP contribution in [0.2, 0.25) is 0 Å². The highest BCUT2D eigenvalue weighted by Gasteiger charge is 2.17. The van der Waals surface area contributed by atoms with E-state index in [0.717, 1.165) is 44.2 Å². The molecule has 1 aromatic carbocycles. The van der Waals surface area contributed by atoms with Gasteiger partial charge in [0.25, 0.3) is 5.69 Å². The molecule has 110 valence electrons. The number of rotatable bonds is 6. The van der Waals surface area contributed by atoms with Gasteiger partial charge < -0.3 is 10.2 Å². The molecule has 5 heteroatoms. The summed E-state index contributed by atoms with van der Waals surface area (Å²) in [5, 5.41) is 14.1. The van der Waals surface area contributed by atoms with E-state index in [4.69, 9.17) is 0 Å². The van der Waals surface area contributed by atoms with E-state index in [0.29, 0.717) is 0 Å². The number of benzene rings is 1. The smallest absolute Gasteiger partial charge is 0.269 e. The summed E-state index contributed by atoms with van der Waals surface area (Å²) in [5.74, 6) is 0.720. The maximum Gasteiger partial charge on any atom is 0.269 e. The lowest BCUT2D eigenvalue weighted by Gasteiger charge is -2.31. The molecular formula is C15H23N3O2. The first-order valence-corrected chi connectivity index (χ1v) is 7.41. The molecule has 0 aliphatic carbocycles. The zero-order chi connectivity index (χ0) is 14.4. The zero-order valence-electron chi connectivity index (χ0n) is 12.0. The normalized spacial score (nSPS) is 16.1. The third kappa shape index (κ3) is 3.93. The first-order chi connectivity index (χ1) is 9.70. The first-order valence-electron chi connectivity index (χ1n) is 7.41. The van der Waals surface area contributed by atoms with Crippen LogP contribution in [0.1, 0.15) is 26.2 Å². The van der Waals surface area contributed by atoms with Crippen LogP contribution >= 0.6 is 0 Å². The van der Waals surface area contributed by atoms with Crippen LogP contribution in [0.15, 0.2) is 24.3 Å². The molecular weight excluding hydrogens is 254 g/mol. The molecule has 0 amide bonds. The molecule has 1 saturated heterocycles. The van der Waals surface area contributed by atoms with Crippen molar-refractivity contribution in [3.8, 4) is 0 Å². The van der Waals surface area contributed by atoms with E-state index in [-0.39, 0.29) is 10.6 Å². The lowest BCUT2D eigenvalue weighted by atomic mass is 9.97. The number of hydrogen-bond acceptors (Lipinski definition) is 4. The number of nitrogens with one attached hydrogen (secondary N) is 1. The molecule has 1 fully saturated rings. The van der Waals surface area contributed by atoms with Gasteiger partial charge in [-0.15, -0.1) is 0 Å². The van der Waals surface area contributed by atoms with E-state index in [1.807, 2.05) is 12.1 Å². The Bertz CT molecular complexity index is 427. The third-order valence-corrected chi connectivity index (χ3v) is 3.86. The number of non-ortho nitro benzene ring substituents is 1. The minimum atomic E-state index is -0.346. The molecule has 0 atom stereocenters. The fourth-order valence-electron chi connectivity index (χ4n) is 2.76. The lowest BCUT2D eigenvalue weighted by Crippen LogP contribution is -2.36. The average molecular weight is 277 g/mol. The highest BCUT2D eigenvalue weighted by Crippen LogP contribution is 2.22. The largest absolute Gasteiger partial charge is 0.371 e. The van der Waals surface area contributed by atoms with Crippen LogP contribution in [-0.4, -0.2) is 31.1 Å². The van der Waals surface area contributed by atoms with Crippen LogP contribution in [-0.2, 0) is 0 Å². The molecule has 0 saturated carbocycles. The summed E-state index contributed by atoms with van der Waals surface area (Å²) >= 11 is 0. The second-order valence-corrected chi connectivity index (χ2v) is 5.41. The molecule has 1 aromatic rings. The fourth-order valence-corrected chi connectivity index (χ4v) is 2.76. The third-order valence-electron chi connectivity index (χ3n) is 3.86. The van der Waals surface area contributed by atoms with E-state index >= 15 is 0 Å². The van der Waals surface area contributed by atoms with Gasteiger partial charge in [-0.3, -0.25) is 10.1 Å². The molecule has 5 nitrogen and oxygen atoms in total. The van der Waals surface area contributed by atoms with Crippen molar-refractivity contribution >= 4 is 11.4 Å². The molecule has 1 heterocycles. The number of nitro groups is 1. The highest BCUT2D eigenvalue weighted by molar-refractivity contribution is 5.50. The topological polar surface area (TPSA) is 58.4 Å². The number of nitrogens with zero attached hydrogens (tertiary/aromatic N) is 2. The second kappa shape index (κ2) is 7.24. The van der Waals surface area contributed by atoms with Gasteiger partial charge in [0.15, 0.2) is 0 Å². The van der Waals surface area contributed by atoms with E-state index in [9.17, 15) is 10.1 Å². The van der Waals surface area contributed by atoms with Crippen molar-refractivity contribution < 1.29 is 4.92 Å². The van der Waals surface area contributed by atoms with E-state index in [1.54, 1.807) is 12.1 Å². The molecule has 2 rings (SSSR count). The summed E-state index contributed by atoms with van der Waals surface area (Å²) in [7, 11) is 0. The Hall–Kier alpha value is -1.62. The second-order valence-electron chi connectivity index (χ2n) is 5.41. The van der Waals surface area contributed by atoms with Gasteiger partial charge in [-0.05, 0) is 50.4 Å². The van der Waals surface area contributed by atoms with Crippen LogP contribution in [0.25, 0.3) is 0 Å². The summed E-state index contributed by atoms with van der Waals surface area (Å²) < 4.78 is 0. The van der Waals surface area contributed by atoms with Gasteiger partial charge in [0.2, 0.25) is 0 Å². The SMILES string of the molecule is CCCN(CC1CCNCC1)c1ccc([N+](=O)[O-])cc1.